The number of ether oxygens (including phenoxy) is 2. The van der Waals surface area contributed by atoms with Crippen molar-refractivity contribution < 1.29 is 19.1 Å². The summed E-state index contributed by atoms with van der Waals surface area (Å²) in [6, 6.07) is 9.18. The van der Waals surface area contributed by atoms with Gasteiger partial charge in [0.25, 0.3) is 5.91 Å². The number of nitrogens with one attached hydrogen (secondary N) is 1. The van der Waals surface area contributed by atoms with E-state index in [0.29, 0.717) is 18.8 Å². The molecule has 0 heterocycles. The molecule has 1 aromatic carbocycles. The fourth-order valence-electron chi connectivity index (χ4n) is 1.62. The largest absolute Gasteiger partial charge is 0.481 e. The Morgan fingerprint density at radius 2 is 1.90 bits per heavy atom. The molecule has 0 aliphatic rings. The summed E-state index contributed by atoms with van der Waals surface area (Å²) in [7, 11) is 0. The van der Waals surface area contributed by atoms with Gasteiger partial charge in [0.2, 0.25) is 0 Å². The van der Waals surface area contributed by atoms with E-state index in [9.17, 15) is 9.59 Å². The van der Waals surface area contributed by atoms with Crippen molar-refractivity contribution in [2.24, 2.45) is 0 Å². The molecule has 1 aromatic rings. The highest BCUT2D eigenvalue weighted by atomic mass is 16.5. The Bertz CT molecular complexity index is 419. The third-order valence-corrected chi connectivity index (χ3v) is 2.62. The molecule has 5 nitrogen and oxygen atoms in total. The molecule has 0 spiro atoms. The number of hydrogen-bond donors (Lipinski definition) is 1. The third kappa shape index (κ3) is 5.73. The van der Waals surface area contributed by atoms with Gasteiger partial charge >= 0.3 is 5.97 Å². The van der Waals surface area contributed by atoms with Gasteiger partial charge in [-0.2, -0.15) is 0 Å². The average molecular weight is 279 g/mol. The van der Waals surface area contributed by atoms with Crippen LogP contribution in [0.3, 0.4) is 0 Å². The van der Waals surface area contributed by atoms with Crippen molar-refractivity contribution in [1.82, 2.24) is 5.32 Å². The molecule has 0 saturated carbocycles. The summed E-state index contributed by atoms with van der Waals surface area (Å²) in [5.74, 6) is 0.116. The normalized spacial score (nSPS) is 11.5. The Hall–Kier alpha value is -2.04. The molecule has 0 bridgehead atoms. The minimum Gasteiger partial charge on any atom is -0.481 e. The van der Waals surface area contributed by atoms with Crippen LogP contribution in [-0.4, -0.2) is 31.1 Å². The van der Waals surface area contributed by atoms with Crippen LogP contribution < -0.4 is 10.1 Å². The Labute approximate surface area is 119 Å². The Morgan fingerprint density at radius 3 is 2.50 bits per heavy atom. The van der Waals surface area contributed by atoms with Gasteiger partial charge in [-0.1, -0.05) is 25.1 Å². The van der Waals surface area contributed by atoms with Crippen molar-refractivity contribution in [1.29, 1.82) is 0 Å². The van der Waals surface area contributed by atoms with Gasteiger partial charge in [0.15, 0.2) is 6.10 Å². The first-order valence-electron chi connectivity index (χ1n) is 6.82. The second kappa shape index (κ2) is 8.96. The van der Waals surface area contributed by atoms with E-state index in [1.807, 2.05) is 25.1 Å². The molecule has 5 heteroatoms. The molecule has 0 aliphatic carbocycles. The minimum absolute atomic E-state index is 0.168. The van der Waals surface area contributed by atoms with E-state index in [2.05, 4.69) is 5.32 Å². The zero-order valence-electron chi connectivity index (χ0n) is 11.9. The van der Waals surface area contributed by atoms with E-state index >= 15 is 0 Å². The van der Waals surface area contributed by atoms with E-state index < -0.39 is 6.10 Å². The van der Waals surface area contributed by atoms with Crippen LogP contribution in [0.1, 0.15) is 26.7 Å². The van der Waals surface area contributed by atoms with E-state index in [1.165, 1.54) is 0 Å². The van der Waals surface area contributed by atoms with Crippen molar-refractivity contribution in [2.75, 3.05) is 13.2 Å². The number of rotatable bonds is 8. The van der Waals surface area contributed by atoms with Crippen LogP contribution in [0.4, 0.5) is 0 Å². The number of benzene rings is 1. The summed E-state index contributed by atoms with van der Waals surface area (Å²) < 4.78 is 10.4. The van der Waals surface area contributed by atoms with E-state index in [1.54, 1.807) is 19.1 Å². The number of carbonyl (C=O) groups excluding carboxylic acids is 2. The molecule has 1 atom stereocenters. The molecule has 1 unspecified atom stereocenters. The highest BCUT2D eigenvalue weighted by Crippen LogP contribution is 2.12. The topological polar surface area (TPSA) is 64.6 Å². The molecule has 0 aromatic heterocycles. The molecule has 1 rings (SSSR count). The predicted octanol–water partition coefficient (Wildman–Crippen LogP) is 1.91. The van der Waals surface area contributed by atoms with E-state index in [-0.39, 0.29) is 24.8 Å². The van der Waals surface area contributed by atoms with Gasteiger partial charge in [0, 0.05) is 6.54 Å². The first-order valence-corrected chi connectivity index (χ1v) is 6.82. The monoisotopic (exact) mass is 279 g/mol. The lowest BCUT2D eigenvalue weighted by molar-refractivity contribution is -0.143. The standard InChI is InChI=1S/C15H21NO4/c1-3-13(20-12-8-6-5-7-9-12)15(18)16-11-10-14(17)19-4-2/h5-9,13H,3-4,10-11H2,1-2H3,(H,16,18). The summed E-state index contributed by atoms with van der Waals surface area (Å²) in [4.78, 5) is 23.1. The highest BCUT2D eigenvalue weighted by molar-refractivity contribution is 5.81. The second-order valence-electron chi connectivity index (χ2n) is 4.17. The van der Waals surface area contributed by atoms with Crippen molar-refractivity contribution >= 4 is 11.9 Å². The number of hydrogen-bond acceptors (Lipinski definition) is 4. The molecule has 1 amide bonds. The molecule has 1 N–H and O–H groups in total. The van der Waals surface area contributed by atoms with Crippen molar-refractivity contribution in [3.8, 4) is 5.75 Å². The molecular weight excluding hydrogens is 258 g/mol. The summed E-state index contributed by atoms with van der Waals surface area (Å²) in [6.45, 7) is 4.23. The van der Waals surface area contributed by atoms with E-state index in [4.69, 9.17) is 9.47 Å². The molecule has 0 aliphatic heterocycles. The predicted molar refractivity (Wildman–Crippen MR) is 75.4 cm³/mol. The first kappa shape index (κ1) is 16.0. The van der Waals surface area contributed by atoms with Crippen LogP contribution >= 0.6 is 0 Å². The van der Waals surface area contributed by atoms with Crippen LogP contribution in [-0.2, 0) is 14.3 Å². The van der Waals surface area contributed by atoms with Crippen LogP contribution in [0.5, 0.6) is 5.75 Å². The summed E-state index contributed by atoms with van der Waals surface area (Å²) in [5, 5.41) is 2.68. The van der Waals surface area contributed by atoms with E-state index in [0.717, 1.165) is 0 Å². The van der Waals surface area contributed by atoms with Gasteiger partial charge in [-0.15, -0.1) is 0 Å². The number of esters is 1. The quantitative estimate of drug-likeness (QED) is 0.738. The first-order chi connectivity index (χ1) is 9.67. The lowest BCUT2D eigenvalue weighted by Crippen LogP contribution is -2.39. The lowest BCUT2D eigenvalue weighted by atomic mass is 10.2. The van der Waals surface area contributed by atoms with Crippen molar-refractivity contribution in [2.45, 2.75) is 32.8 Å². The Kier molecular flexibility index (Phi) is 7.17. The summed E-state index contributed by atoms with van der Waals surface area (Å²) >= 11 is 0. The van der Waals surface area contributed by atoms with Gasteiger partial charge < -0.3 is 14.8 Å². The van der Waals surface area contributed by atoms with Gasteiger partial charge in [-0.25, -0.2) is 0 Å². The molecular formula is C15H21NO4. The SMILES string of the molecule is CCOC(=O)CCNC(=O)C(CC)Oc1ccccc1. The maximum Gasteiger partial charge on any atom is 0.307 e. The molecule has 0 radical (unpaired) electrons. The van der Waals surface area contributed by atoms with Crippen LogP contribution in [0.2, 0.25) is 0 Å². The van der Waals surface area contributed by atoms with Gasteiger partial charge in [0.1, 0.15) is 5.75 Å². The van der Waals surface area contributed by atoms with Gasteiger partial charge in [0.05, 0.1) is 13.0 Å². The zero-order valence-corrected chi connectivity index (χ0v) is 11.9. The molecule has 0 saturated heterocycles. The summed E-state index contributed by atoms with van der Waals surface area (Å²) in [5.41, 5.74) is 0. The smallest absolute Gasteiger partial charge is 0.307 e. The molecule has 0 fully saturated rings. The van der Waals surface area contributed by atoms with Crippen LogP contribution in [0.25, 0.3) is 0 Å². The molecule has 20 heavy (non-hydrogen) atoms. The van der Waals surface area contributed by atoms with Gasteiger partial charge in [-0.05, 0) is 25.5 Å². The number of amides is 1. The second-order valence-corrected chi connectivity index (χ2v) is 4.17. The van der Waals surface area contributed by atoms with Crippen LogP contribution in [0, 0.1) is 0 Å². The minimum atomic E-state index is -0.556. The summed E-state index contributed by atoms with van der Waals surface area (Å²) in [6.07, 6.45) is 0.168. The Morgan fingerprint density at radius 1 is 1.20 bits per heavy atom. The average Bonchev–Trinajstić information content (AvgIpc) is 2.46. The van der Waals surface area contributed by atoms with Gasteiger partial charge in [-0.3, -0.25) is 9.59 Å². The maximum absolute atomic E-state index is 11.9. The zero-order chi connectivity index (χ0) is 14.8. The fraction of sp³-hybridized carbons (Fsp3) is 0.467. The van der Waals surface area contributed by atoms with Crippen molar-refractivity contribution in [3.63, 3.8) is 0 Å². The Balaban J connectivity index is 2.37. The molecule has 110 valence electrons. The van der Waals surface area contributed by atoms with Crippen molar-refractivity contribution in [3.05, 3.63) is 30.3 Å². The lowest BCUT2D eigenvalue weighted by Gasteiger charge is -2.17. The number of carbonyl (C=O) groups is 2. The van der Waals surface area contributed by atoms with Crippen LogP contribution in [0.15, 0.2) is 30.3 Å². The third-order valence-electron chi connectivity index (χ3n) is 2.62. The fourth-order valence-corrected chi connectivity index (χ4v) is 1.62. The number of para-hydroxylation sites is 1. The maximum atomic E-state index is 11.9. The highest BCUT2D eigenvalue weighted by Gasteiger charge is 2.18.